The maximum Gasteiger partial charge on any atom is 0.409 e. The Balaban J connectivity index is 3.23. The first-order chi connectivity index (χ1) is 7.40. The molecule has 0 atom stereocenters. The predicted molar refractivity (Wildman–Crippen MR) is 55.5 cm³/mol. The van der Waals surface area contributed by atoms with Crippen LogP contribution < -0.4 is 4.74 Å². The molecule has 0 saturated carbocycles. The SMILES string of the molecule is O=C(Cl)Oc1cc(C(=O)O)cc(C(=O)Cl)c1. The monoisotopic (exact) mass is 262 g/mol. The van der Waals surface area contributed by atoms with Crippen molar-refractivity contribution in [1.29, 1.82) is 0 Å². The predicted octanol–water partition coefficient (Wildman–Crippen LogP) is 2.50. The van der Waals surface area contributed by atoms with Crippen molar-refractivity contribution >= 4 is 39.8 Å². The fourth-order valence-corrected chi connectivity index (χ4v) is 1.19. The molecule has 7 heteroatoms. The van der Waals surface area contributed by atoms with Crippen LogP contribution in [0.3, 0.4) is 0 Å². The molecule has 0 amide bonds. The van der Waals surface area contributed by atoms with Crippen LogP contribution in [0, 0.1) is 0 Å². The van der Waals surface area contributed by atoms with Gasteiger partial charge >= 0.3 is 11.4 Å². The van der Waals surface area contributed by atoms with Crippen molar-refractivity contribution in [3.05, 3.63) is 29.3 Å². The Bertz CT molecular complexity index is 437. The largest absolute Gasteiger partial charge is 0.478 e. The number of hydrogen-bond donors (Lipinski definition) is 1. The highest BCUT2D eigenvalue weighted by molar-refractivity contribution is 6.67. The molecule has 0 bridgehead atoms. The maximum atomic E-state index is 10.9. The lowest BCUT2D eigenvalue weighted by atomic mass is 10.1. The highest BCUT2D eigenvalue weighted by Gasteiger charge is 2.12. The van der Waals surface area contributed by atoms with E-state index in [0.717, 1.165) is 18.2 Å². The van der Waals surface area contributed by atoms with Crippen molar-refractivity contribution in [2.75, 3.05) is 0 Å². The number of hydrogen-bond acceptors (Lipinski definition) is 4. The van der Waals surface area contributed by atoms with Gasteiger partial charge in [-0.25, -0.2) is 9.59 Å². The Morgan fingerprint density at radius 3 is 2.06 bits per heavy atom. The molecule has 0 aliphatic carbocycles. The summed E-state index contributed by atoms with van der Waals surface area (Å²) in [6.45, 7) is 0. The van der Waals surface area contributed by atoms with Gasteiger partial charge in [-0.2, -0.15) is 0 Å². The second-order valence-corrected chi connectivity index (χ2v) is 3.32. The van der Waals surface area contributed by atoms with Crippen LogP contribution >= 0.6 is 23.2 Å². The van der Waals surface area contributed by atoms with Crippen LogP contribution in [0.2, 0.25) is 0 Å². The lowest BCUT2D eigenvalue weighted by molar-refractivity contribution is 0.0696. The van der Waals surface area contributed by atoms with Gasteiger partial charge < -0.3 is 9.84 Å². The molecule has 5 nitrogen and oxygen atoms in total. The number of carboxylic acids is 1. The van der Waals surface area contributed by atoms with Crippen LogP contribution in [0.4, 0.5) is 4.79 Å². The van der Waals surface area contributed by atoms with E-state index in [1.165, 1.54) is 0 Å². The summed E-state index contributed by atoms with van der Waals surface area (Å²) < 4.78 is 4.45. The molecule has 16 heavy (non-hydrogen) atoms. The highest BCUT2D eigenvalue weighted by Crippen LogP contribution is 2.19. The van der Waals surface area contributed by atoms with E-state index in [9.17, 15) is 14.4 Å². The molecule has 0 aromatic heterocycles. The number of carboxylic acid groups (broad SMARTS) is 1. The number of halogens is 2. The molecule has 1 aromatic carbocycles. The summed E-state index contributed by atoms with van der Waals surface area (Å²) in [6, 6.07) is 3.22. The molecule has 0 radical (unpaired) electrons. The van der Waals surface area contributed by atoms with Crippen molar-refractivity contribution in [2.45, 2.75) is 0 Å². The summed E-state index contributed by atoms with van der Waals surface area (Å²) in [5, 5.41) is 7.86. The van der Waals surface area contributed by atoms with Crippen LogP contribution in [0.15, 0.2) is 18.2 Å². The molecular formula is C9H4Cl2O5. The quantitative estimate of drug-likeness (QED) is 0.847. The smallest absolute Gasteiger partial charge is 0.409 e. The number of aromatic carboxylic acids is 1. The van der Waals surface area contributed by atoms with E-state index in [0.29, 0.717) is 0 Å². The van der Waals surface area contributed by atoms with E-state index in [4.69, 9.17) is 28.3 Å². The standard InChI is InChI=1S/C9H4Cl2O5/c10-7(12)4-1-5(8(13)14)3-6(2-4)16-9(11)15/h1-3H,(H,13,14). The number of carbonyl (C=O) groups is 3. The van der Waals surface area contributed by atoms with Gasteiger partial charge in [0.05, 0.1) is 5.56 Å². The van der Waals surface area contributed by atoms with E-state index < -0.39 is 16.6 Å². The van der Waals surface area contributed by atoms with E-state index >= 15 is 0 Å². The zero-order chi connectivity index (χ0) is 12.3. The fourth-order valence-electron chi connectivity index (χ4n) is 0.988. The Kier molecular flexibility index (Phi) is 3.87. The third-order valence-corrected chi connectivity index (χ3v) is 1.87. The lowest BCUT2D eigenvalue weighted by Crippen LogP contribution is -2.03. The number of ether oxygens (including phenoxy) is 1. The minimum atomic E-state index is -1.29. The van der Waals surface area contributed by atoms with Crippen molar-refractivity contribution < 1.29 is 24.2 Å². The number of rotatable bonds is 3. The number of carbonyl (C=O) groups excluding carboxylic acids is 2. The van der Waals surface area contributed by atoms with Gasteiger partial charge in [-0.1, -0.05) is 0 Å². The van der Waals surface area contributed by atoms with E-state index in [1.54, 1.807) is 0 Å². The molecule has 1 aromatic rings. The van der Waals surface area contributed by atoms with Gasteiger partial charge in [0.15, 0.2) is 0 Å². The normalized spacial score (nSPS) is 9.62. The summed E-state index contributed by atoms with van der Waals surface area (Å²) in [6.07, 6.45) is 0. The van der Waals surface area contributed by atoms with Crippen LogP contribution in [0.1, 0.15) is 20.7 Å². The van der Waals surface area contributed by atoms with E-state index in [2.05, 4.69) is 4.74 Å². The minimum absolute atomic E-state index is 0.102. The van der Waals surface area contributed by atoms with Crippen molar-refractivity contribution in [1.82, 2.24) is 0 Å². The van der Waals surface area contributed by atoms with Crippen molar-refractivity contribution in [2.24, 2.45) is 0 Å². The summed E-state index contributed by atoms with van der Waals surface area (Å²) in [5.74, 6) is -1.45. The molecule has 0 spiro atoms. The summed E-state index contributed by atoms with van der Waals surface area (Å²) in [7, 11) is 0. The Hall–Kier alpha value is -1.59. The average Bonchev–Trinajstić information content (AvgIpc) is 2.15. The summed E-state index contributed by atoms with van der Waals surface area (Å²) >= 11 is 10.1. The molecule has 1 N–H and O–H groups in total. The summed E-state index contributed by atoms with van der Waals surface area (Å²) in [4.78, 5) is 32.0. The molecule has 1 rings (SSSR count). The first-order valence-corrected chi connectivity index (χ1v) is 4.61. The van der Waals surface area contributed by atoms with Gasteiger partial charge in [-0.3, -0.25) is 4.79 Å². The second-order valence-electron chi connectivity index (χ2n) is 2.66. The molecule has 0 saturated heterocycles. The van der Waals surface area contributed by atoms with Crippen LogP contribution in [0.25, 0.3) is 0 Å². The van der Waals surface area contributed by atoms with Crippen LogP contribution in [-0.2, 0) is 0 Å². The van der Waals surface area contributed by atoms with Crippen LogP contribution in [-0.4, -0.2) is 21.7 Å². The second kappa shape index (κ2) is 4.96. The van der Waals surface area contributed by atoms with Gasteiger partial charge in [0.2, 0.25) is 0 Å². The van der Waals surface area contributed by atoms with E-state index in [-0.39, 0.29) is 16.9 Å². The lowest BCUT2D eigenvalue weighted by Gasteiger charge is -2.03. The maximum absolute atomic E-state index is 10.9. The van der Waals surface area contributed by atoms with Gasteiger partial charge in [-0.05, 0) is 29.8 Å². The average molecular weight is 263 g/mol. The molecular weight excluding hydrogens is 259 g/mol. The zero-order valence-electron chi connectivity index (χ0n) is 7.57. The van der Waals surface area contributed by atoms with Gasteiger partial charge in [0.1, 0.15) is 5.75 Å². The third-order valence-electron chi connectivity index (χ3n) is 1.58. The molecule has 0 fully saturated rings. The molecule has 0 heterocycles. The summed E-state index contributed by atoms with van der Waals surface area (Å²) in [5.41, 5.74) is -1.48. The minimum Gasteiger partial charge on any atom is -0.478 e. The van der Waals surface area contributed by atoms with Gasteiger partial charge in [-0.15, -0.1) is 0 Å². The van der Waals surface area contributed by atoms with Gasteiger partial charge in [0.25, 0.3) is 5.24 Å². The van der Waals surface area contributed by atoms with Crippen molar-refractivity contribution in [3.8, 4) is 5.75 Å². The Labute approximate surface area is 99.5 Å². The third kappa shape index (κ3) is 3.22. The molecule has 0 unspecified atom stereocenters. The fraction of sp³-hybridized carbons (Fsp3) is 0. The Morgan fingerprint density at radius 1 is 1.06 bits per heavy atom. The zero-order valence-corrected chi connectivity index (χ0v) is 9.08. The van der Waals surface area contributed by atoms with Gasteiger partial charge in [0, 0.05) is 17.2 Å². The highest BCUT2D eigenvalue weighted by atomic mass is 35.5. The molecule has 0 aliphatic rings. The van der Waals surface area contributed by atoms with Crippen molar-refractivity contribution in [3.63, 3.8) is 0 Å². The first kappa shape index (κ1) is 12.5. The van der Waals surface area contributed by atoms with E-state index in [1.807, 2.05) is 0 Å². The van der Waals surface area contributed by atoms with Crippen LogP contribution in [0.5, 0.6) is 5.75 Å². The molecule has 84 valence electrons. The first-order valence-electron chi connectivity index (χ1n) is 3.85. The Morgan fingerprint density at radius 2 is 1.62 bits per heavy atom. The topological polar surface area (TPSA) is 80.7 Å². The molecule has 0 aliphatic heterocycles. The number of benzene rings is 1.